The van der Waals surface area contributed by atoms with Crippen LogP contribution in [0.3, 0.4) is 0 Å². The zero-order valence-corrected chi connectivity index (χ0v) is 14.4. The molecule has 0 heterocycles. The number of ether oxygens (including phenoxy) is 1. The summed E-state index contributed by atoms with van der Waals surface area (Å²) in [5, 5.41) is 6.86. The lowest BCUT2D eigenvalue weighted by molar-refractivity contribution is 0.0778. The summed E-state index contributed by atoms with van der Waals surface area (Å²) in [7, 11) is 1.79. The van der Waals surface area contributed by atoms with Crippen molar-refractivity contribution in [1.82, 2.24) is 10.6 Å². The molecule has 0 atom stereocenters. The summed E-state index contributed by atoms with van der Waals surface area (Å²) in [6, 6.07) is 0. The molecule has 0 aromatic carbocycles. The summed E-state index contributed by atoms with van der Waals surface area (Å²) in [4.78, 5) is 4.84. The zero-order valence-electron chi connectivity index (χ0n) is 14.4. The maximum Gasteiger partial charge on any atom is 0.191 e. The molecule has 4 nitrogen and oxygen atoms in total. The Kier molecular flexibility index (Phi) is 7.23. The highest BCUT2D eigenvalue weighted by Gasteiger charge is 2.36. The second-order valence-corrected chi connectivity index (χ2v) is 6.72. The molecule has 2 aliphatic carbocycles. The lowest BCUT2D eigenvalue weighted by atomic mass is 9.67. The second-order valence-electron chi connectivity index (χ2n) is 6.72. The number of rotatable bonds is 9. The van der Waals surface area contributed by atoms with Crippen LogP contribution in [0.5, 0.6) is 0 Å². The summed E-state index contributed by atoms with van der Waals surface area (Å²) in [6.45, 7) is 5.81. The zero-order chi connectivity index (χ0) is 15.7. The Morgan fingerprint density at radius 2 is 2.18 bits per heavy atom. The van der Waals surface area contributed by atoms with Gasteiger partial charge in [-0.15, -0.1) is 0 Å². The molecule has 0 aromatic rings. The van der Waals surface area contributed by atoms with Gasteiger partial charge in [0.15, 0.2) is 5.96 Å². The van der Waals surface area contributed by atoms with Gasteiger partial charge >= 0.3 is 0 Å². The number of aliphatic imine (C=N–C) groups is 1. The first-order chi connectivity index (χ1) is 10.8. The number of methoxy groups -OCH3 is 1. The number of hydrogen-bond donors (Lipinski definition) is 2. The summed E-state index contributed by atoms with van der Waals surface area (Å²) in [5.74, 6) is 0.977. The molecule has 0 aromatic heterocycles. The molecule has 4 heteroatoms. The summed E-state index contributed by atoms with van der Waals surface area (Å²) in [6.07, 6.45) is 12.5. The lowest BCUT2D eigenvalue weighted by Crippen LogP contribution is -2.40. The van der Waals surface area contributed by atoms with E-state index in [1.807, 2.05) is 0 Å². The maximum absolute atomic E-state index is 5.26. The molecule has 2 N–H and O–H groups in total. The van der Waals surface area contributed by atoms with Gasteiger partial charge in [0.1, 0.15) is 0 Å². The molecule has 126 valence electrons. The predicted molar refractivity (Wildman–Crippen MR) is 93.3 cm³/mol. The molecule has 0 unspecified atom stereocenters. The fraction of sp³-hybridized carbons (Fsp3) is 0.833. The largest absolute Gasteiger partial charge is 0.385 e. The number of allylic oxidation sites excluding steroid dienone is 1. The molecular weight excluding hydrogens is 274 g/mol. The van der Waals surface area contributed by atoms with Crippen molar-refractivity contribution in [2.24, 2.45) is 10.4 Å². The molecule has 22 heavy (non-hydrogen) atoms. The van der Waals surface area contributed by atoms with Gasteiger partial charge in [0.05, 0.1) is 0 Å². The molecule has 2 rings (SSSR count). The van der Waals surface area contributed by atoms with Crippen LogP contribution in [0.2, 0.25) is 0 Å². The van der Waals surface area contributed by atoms with Crippen LogP contribution in [-0.4, -0.2) is 39.3 Å². The molecule has 1 fully saturated rings. The molecule has 0 radical (unpaired) electrons. The Labute approximate surface area is 135 Å². The first-order valence-electron chi connectivity index (χ1n) is 8.97. The predicted octanol–water partition coefficient (Wildman–Crippen LogP) is 3.25. The highest BCUT2D eigenvalue weighted by Crippen LogP contribution is 2.44. The van der Waals surface area contributed by atoms with E-state index in [4.69, 9.17) is 9.73 Å². The highest BCUT2D eigenvalue weighted by atomic mass is 16.5. The molecule has 0 amide bonds. The van der Waals surface area contributed by atoms with E-state index in [1.54, 1.807) is 12.7 Å². The van der Waals surface area contributed by atoms with Crippen LogP contribution in [0.4, 0.5) is 0 Å². The molecule has 0 bridgehead atoms. The lowest BCUT2D eigenvalue weighted by Gasteiger charge is -2.40. The monoisotopic (exact) mass is 307 g/mol. The van der Waals surface area contributed by atoms with Crippen molar-refractivity contribution >= 4 is 5.96 Å². The third-order valence-electron chi connectivity index (χ3n) is 5.04. The van der Waals surface area contributed by atoms with Crippen molar-refractivity contribution in [2.45, 2.75) is 58.3 Å². The quantitative estimate of drug-likeness (QED) is 0.390. The smallest absolute Gasteiger partial charge is 0.191 e. The Morgan fingerprint density at radius 3 is 2.77 bits per heavy atom. The summed E-state index contributed by atoms with van der Waals surface area (Å²) >= 11 is 0. The van der Waals surface area contributed by atoms with Gasteiger partial charge in [0.2, 0.25) is 0 Å². The first-order valence-corrected chi connectivity index (χ1v) is 8.97. The summed E-state index contributed by atoms with van der Waals surface area (Å²) in [5.41, 5.74) is 2.01. The number of nitrogens with zero attached hydrogens (tertiary/aromatic N) is 1. The van der Waals surface area contributed by atoms with E-state index < -0.39 is 0 Å². The Balaban J connectivity index is 1.77. The molecule has 2 aliphatic rings. The average molecular weight is 307 g/mol. The highest BCUT2D eigenvalue weighted by molar-refractivity contribution is 5.79. The number of hydrogen-bond acceptors (Lipinski definition) is 2. The second kappa shape index (κ2) is 9.19. The molecular formula is C18H33N3O. The van der Waals surface area contributed by atoms with Crippen molar-refractivity contribution in [2.75, 3.05) is 33.4 Å². The van der Waals surface area contributed by atoms with Gasteiger partial charge in [-0.3, -0.25) is 4.99 Å². The van der Waals surface area contributed by atoms with Crippen molar-refractivity contribution in [3.63, 3.8) is 0 Å². The van der Waals surface area contributed by atoms with Crippen LogP contribution >= 0.6 is 0 Å². The summed E-state index contributed by atoms with van der Waals surface area (Å²) < 4.78 is 5.26. The maximum atomic E-state index is 5.26. The third-order valence-corrected chi connectivity index (χ3v) is 5.04. The van der Waals surface area contributed by atoms with E-state index >= 15 is 0 Å². The van der Waals surface area contributed by atoms with Crippen molar-refractivity contribution in [1.29, 1.82) is 0 Å². The average Bonchev–Trinajstić information content (AvgIpc) is 2.99. The SMILES string of the molecule is CCNC(=NCC1(CCOC)CCC1)NCCC1=CCCC1. The molecule has 1 saturated carbocycles. The van der Waals surface area contributed by atoms with E-state index in [0.29, 0.717) is 5.41 Å². The number of guanidine groups is 1. The standard InChI is InChI=1S/C18H33N3O/c1-3-19-17(20-13-9-16-7-4-5-8-16)21-15-18(10-6-11-18)12-14-22-2/h7H,3-6,8-15H2,1-2H3,(H2,19,20,21). The molecule has 0 aliphatic heterocycles. The topological polar surface area (TPSA) is 45.7 Å². The fourth-order valence-electron chi connectivity index (χ4n) is 3.38. The van der Waals surface area contributed by atoms with Crippen LogP contribution < -0.4 is 10.6 Å². The van der Waals surface area contributed by atoms with Crippen LogP contribution in [0.25, 0.3) is 0 Å². The van der Waals surface area contributed by atoms with Gasteiger partial charge in [0.25, 0.3) is 0 Å². The normalized spacial score (nSPS) is 20.5. The molecule has 0 spiro atoms. The minimum absolute atomic E-state index is 0.395. The van der Waals surface area contributed by atoms with Crippen LogP contribution in [0.15, 0.2) is 16.6 Å². The van der Waals surface area contributed by atoms with Crippen LogP contribution in [0.1, 0.15) is 58.3 Å². The fourth-order valence-corrected chi connectivity index (χ4v) is 3.38. The van der Waals surface area contributed by atoms with E-state index in [-0.39, 0.29) is 0 Å². The van der Waals surface area contributed by atoms with Crippen molar-refractivity contribution in [3.8, 4) is 0 Å². The minimum atomic E-state index is 0.395. The Bertz CT molecular complexity index is 386. The minimum Gasteiger partial charge on any atom is -0.385 e. The van der Waals surface area contributed by atoms with E-state index in [1.165, 1.54) is 38.5 Å². The van der Waals surface area contributed by atoms with E-state index in [9.17, 15) is 0 Å². The Morgan fingerprint density at radius 1 is 1.32 bits per heavy atom. The van der Waals surface area contributed by atoms with E-state index in [0.717, 1.165) is 45.0 Å². The van der Waals surface area contributed by atoms with Crippen LogP contribution in [0, 0.1) is 5.41 Å². The first kappa shape index (κ1) is 17.3. The van der Waals surface area contributed by atoms with Gasteiger partial charge in [-0.2, -0.15) is 0 Å². The van der Waals surface area contributed by atoms with Gasteiger partial charge in [-0.25, -0.2) is 0 Å². The number of nitrogens with one attached hydrogen (secondary N) is 2. The van der Waals surface area contributed by atoms with Gasteiger partial charge in [-0.1, -0.05) is 18.1 Å². The van der Waals surface area contributed by atoms with E-state index in [2.05, 4.69) is 23.6 Å². The Hall–Kier alpha value is -1.03. The van der Waals surface area contributed by atoms with Crippen molar-refractivity contribution in [3.05, 3.63) is 11.6 Å². The van der Waals surface area contributed by atoms with Crippen LogP contribution in [-0.2, 0) is 4.74 Å². The van der Waals surface area contributed by atoms with Gasteiger partial charge < -0.3 is 15.4 Å². The van der Waals surface area contributed by atoms with Gasteiger partial charge in [0, 0.05) is 33.4 Å². The van der Waals surface area contributed by atoms with Gasteiger partial charge in [-0.05, 0) is 57.3 Å². The third kappa shape index (κ3) is 5.31. The van der Waals surface area contributed by atoms with Crippen molar-refractivity contribution < 1.29 is 4.74 Å². The molecule has 0 saturated heterocycles.